The van der Waals surface area contributed by atoms with Gasteiger partial charge in [0.15, 0.2) is 5.69 Å². The molecular weight excluding hydrogens is 276 g/mol. The van der Waals surface area contributed by atoms with Gasteiger partial charge in [-0.15, -0.1) is 0 Å². The van der Waals surface area contributed by atoms with Crippen molar-refractivity contribution in [3.05, 3.63) is 41.2 Å². The Bertz CT molecular complexity index is 631. The summed E-state index contributed by atoms with van der Waals surface area (Å²) in [5.74, 6) is -1.04. The molecule has 1 aliphatic rings. The van der Waals surface area contributed by atoms with Gasteiger partial charge < -0.3 is 5.11 Å². The van der Waals surface area contributed by atoms with E-state index < -0.39 is 5.97 Å². The summed E-state index contributed by atoms with van der Waals surface area (Å²) in [4.78, 5) is 11.4. The molecular formula is C15H15ClN2O2. The molecule has 1 aromatic carbocycles. The third-order valence-electron chi connectivity index (χ3n) is 3.79. The monoisotopic (exact) mass is 290 g/mol. The van der Waals surface area contributed by atoms with E-state index in [4.69, 9.17) is 11.6 Å². The van der Waals surface area contributed by atoms with Gasteiger partial charge in [0.1, 0.15) is 5.15 Å². The van der Waals surface area contributed by atoms with Crippen molar-refractivity contribution in [1.82, 2.24) is 9.78 Å². The van der Waals surface area contributed by atoms with Crippen LogP contribution in [0.4, 0.5) is 0 Å². The Kier molecular flexibility index (Phi) is 3.49. The van der Waals surface area contributed by atoms with E-state index in [1.165, 1.54) is 0 Å². The number of halogens is 1. The van der Waals surface area contributed by atoms with Crippen molar-refractivity contribution in [2.75, 3.05) is 0 Å². The predicted molar refractivity (Wildman–Crippen MR) is 77.1 cm³/mol. The maximum atomic E-state index is 11.4. The molecule has 5 heteroatoms. The summed E-state index contributed by atoms with van der Waals surface area (Å²) in [6.07, 6.45) is 4.30. The molecule has 0 radical (unpaired) electrons. The summed E-state index contributed by atoms with van der Waals surface area (Å²) in [6.45, 7) is 0. The minimum atomic E-state index is -1.04. The summed E-state index contributed by atoms with van der Waals surface area (Å²) < 4.78 is 1.69. The molecule has 20 heavy (non-hydrogen) atoms. The first-order valence-corrected chi connectivity index (χ1v) is 7.13. The normalized spacial score (nSPS) is 15.7. The van der Waals surface area contributed by atoms with Crippen LogP contribution in [-0.2, 0) is 0 Å². The molecule has 1 N–H and O–H groups in total. The smallest absolute Gasteiger partial charge is 0.357 e. The van der Waals surface area contributed by atoms with Gasteiger partial charge in [-0.05, 0) is 18.4 Å². The lowest BCUT2D eigenvalue weighted by molar-refractivity contribution is 0.0690. The van der Waals surface area contributed by atoms with Crippen LogP contribution in [0.15, 0.2) is 30.3 Å². The molecule has 1 heterocycles. The van der Waals surface area contributed by atoms with Crippen LogP contribution in [0, 0.1) is 0 Å². The topological polar surface area (TPSA) is 55.1 Å². The SMILES string of the molecule is O=C(O)c1nn(C2CCCC2)c(Cl)c1-c1ccccc1. The van der Waals surface area contributed by atoms with Gasteiger partial charge in [-0.3, -0.25) is 0 Å². The second-order valence-corrected chi connectivity index (χ2v) is 5.43. The van der Waals surface area contributed by atoms with E-state index in [9.17, 15) is 9.90 Å². The van der Waals surface area contributed by atoms with Crippen LogP contribution >= 0.6 is 11.6 Å². The average molecular weight is 291 g/mol. The standard InChI is InChI=1S/C15H15ClN2O2/c16-14-12(10-6-2-1-3-7-10)13(15(19)20)17-18(14)11-8-4-5-9-11/h1-3,6-7,11H,4-5,8-9H2,(H,19,20). The summed E-state index contributed by atoms with van der Waals surface area (Å²) in [5.41, 5.74) is 1.35. The summed E-state index contributed by atoms with van der Waals surface area (Å²) in [6, 6.07) is 9.55. The third-order valence-corrected chi connectivity index (χ3v) is 4.15. The number of aromatic carboxylic acids is 1. The Morgan fingerprint density at radius 3 is 2.50 bits per heavy atom. The fourth-order valence-electron chi connectivity index (χ4n) is 2.82. The van der Waals surface area contributed by atoms with Crippen molar-refractivity contribution >= 4 is 17.6 Å². The van der Waals surface area contributed by atoms with E-state index in [1.807, 2.05) is 30.3 Å². The Morgan fingerprint density at radius 2 is 1.90 bits per heavy atom. The van der Waals surface area contributed by atoms with Crippen molar-refractivity contribution in [2.24, 2.45) is 0 Å². The molecule has 1 aliphatic carbocycles. The van der Waals surface area contributed by atoms with Gasteiger partial charge >= 0.3 is 5.97 Å². The predicted octanol–water partition coefficient (Wildman–Crippen LogP) is 4.02. The molecule has 0 unspecified atom stereocenters. The zero-order valence-corrected chi connectivity index (χ0v) is 11.7. The molecule has 1 saturated carbocycles. The quantitative estimate of drug-likeness (QED) is 0.929. The van der Waals surface area contributed by atoms with Crippen molar-refractivity contribution in [1.29, 1.82) is 0 Å². The number of hydrogen-bond donors (Lipinski definition) is 1. The lowest BCUT2D eigenvalue weighted by Gasteiger charge is -2.11. The van der Waals surface area contributed by atoms with Gasteiger partial charge in [0, 0.05) is 0 Å². The first-order chi connectivity index (χ1) is 9.68. The lowest BCUT2D eigenvalue weighted by Crippen LogP contribution is -2.08. The summed E-state index contributed by atoms with van der Waals surface area (Å²) in [7, 11) is 0. The highest BCUT2D eigenvalue weighted by Crippen LogP contribution is 2.37. The van der Waals surface area contributed by atoms with Crippen LogP contribution in [-0.4, -0.2) is 20.9 Å². The number of carbonyl (C=O) groups is 1. The number of hydrogen-bond acceptors (Lipinski definition) is 2. The minimum Gasteiger partial charge on any atom is -0.476 e. The highest BCUT2D eigenvalue weighted by atomic mass is 35.5. The molecule has 4 nitrogen and oxygen atoms in total. The molecule has 2 aromatic rings. The van der Waals surface area contributed by atoms with Gasteiger partial charge in [-0.1, -0.05) is 54.8 Å². The number of nitrogens with zero attached hydrogens (tertiary/aromatic N) is 2. The molecule has 1 aromatic heterocycles. The maximum absolute atomic E-state index is 11.4. The molecule has 0 atom stereocenters. The van der Waals surface area contributed by atoms with E-state index in [0.29, 0.717) is 10.7 Å². The van der Waals surface area contributed by atoms with Crippen LogP contribution in [0.25, 0.3) is 11.1 Å². The fourth-order valence-corrected chi connectivity index (χ4v) is 3.19. The molecule has 0 aliphatic heterocycles. The molecule has 0 spiro atoms. The highest BCUT2D eigenvalue weighted by molar-refractivity contribution is 6.33. The third kappa shape index (κ3) is 2.20. The average Bonchev–Trinajstić information content (AvgIpc) is 3.07. The van der Waals surface area contributed by atoms with Crippen LogP contribution in [0.2, 0.25) is 5.15 Å². The maximum Gasteiger partial charge on any atom is 0.357 e. The van der Waals surface area contributed by atoms with Gasteiger partial charge in [0.05, 0.1) is 11.6 Å². The molecule has 104 valence electrons. The van der Waals surface area contributed by atoms with Crippen LogP contribution in [0.1, 0.15) is 42.2 Å². The number of benzene rings is 1. The Balaban J connectivity index is 2.14. The fraction of sp³-hybridized carbons (Fsp3) is 0.333. The number of rotatable bonds is 3. The lowest BCUT2D eigenvalue weighted by atomic mass is 10.1. The van der Waals surface area contributed by atoms with Crippen molar-refractivity contribution in [3.63, 3.8) is 0 Å². The second-order valence-electron chi connectivity index (χ2n) is 5.07. The van der Waals surface area contributed by atoms with Gasteiger partial charge in [0.25, 0.3) is 0 Å². The molecule has 0 saturated heterocycles. The largest absolute Gasteiger partial charge is 0.476 e. The minimum absolute atomic E-state index is 0.0353. The van der Waals surface area contributed by atoms with Crippen molar-refractivity contribution in [3.8, 4) is 11.1 Å². The first kappa shape index (κ1) is 13.2. The van der Waals surface area contributed by atoms with E-state index in [0.717, 1.165) is 31.2 Å². The Labute approximate surface area is 122 Å². The molecule has 3 rings (SSSR count). The number of carboxylic acids is 1. The molecule has 0 amide bonds. The second kappa shape index (κ2) is 5.29. The Hall–Kier alpha value is -1.81. The van der Waals surface area contributed by atoms with Crippen LogP contribution in [0.3, 0.4) is 0 Å². The van der Waals surface area contributed by atoms with E-state index in [2.05, 4.69) is 5.10 Å². The zero-order chi connectivity index (χ0) is 14.1. The van der Waals surface area contributed by atoms with Crippen molar-refractivity contribution in [2.45, 2.75) is 31.7 Å². The Morgan fingerprint density at radius 1 is 1.25 bits per heavy atom. The number of aromatic nitrogens is 2. The van der Waals surface area contributed by atoms with E-state index in [-0.39, 0.29) is 11.7 Å². The van der Waals surface area contributed by atoms with E-state index in [1.54, 1.807) is 4.68 Å². The molecule has 0 bridgehead atoms. The molecule has 1 fully saturated rings. The number of carboxylic acid groups (broad SMARTS) is 1. The van der Waals surface area contributed by atoms with Crippen LogP contribution < -0.4 is 0 Å². The summed E-state index contributed by atoms with van der Waals surface area (Å²) >= 11 is 6.43. The van der Waals surface area contributed by atoms with Gasteiger partial charge in [-0.25, -0.2) is 9.48 Å². The summed E-state index contributed by atoms with van der Waals surface area (Å²) in [5, 5.41) is 14.1. The van der Waals surface area contributed by atoms with Gasteiger partial charge in [0.2, 0.25) is 0 Å². The zero-order valence-electron chi connectivity index (χ0n) is 10.9. The van der Waals surface area contributed by atoms with Crippen molar-refractivity contribution < 1.29 is 9.90 Å². The van der Waals surface area contributed by atoms with E-state index >= 15 is 0 Å². The van der Waals surface area contributed by atoms with Crippen LogP contribution in [0.5, 0.6) is 0 Å². The first-order valence-electron chi connectivity index (χ1n) is 6.75. The highest BCUT2D eigenvalue weighted by Gasteiger charge is 2.27. The van der Waals surface area contributed by atoms with Gasteiger partial charge in [-0.2, -0.15) is 5.10 Å².